The van der Waals surface area contributed by atoms with Crippen LogP contribution in [0.1, 0.15) is 31.7 Å². The average Bonchev–Trinajstić information content (AvgIpc) is 2.91. The molecule has 0 saturated carbocycles. The summed E-state index contributed by atoms with van der Waals surface area (Å²) in [6.07, 6.45) is 2.58. The third-order valence-electron chi connectivity index (χ3n) is 3.90. The van der Waals surface area contributed by atoms with Gasteiger partial charge in [-0.1, -0.05) is 6.92 Å². The van der Waals surface area contributed by atoms with Crippen molar-refractivity contribution >= 4 is 17.5 Å². The van der Waals surface area contributed by atoms with Gasteiger partial charge < -0.3 is 10.0 Å². The summed E-state index contributed by atoms with van der Waals surface area (Å²) >= 11 is 0. The summed E-state index contributed by atoms with van der Waals surface area (Å²) < 4.78 is 0. The first-order valence-corrected chi connectivity index (χ1v) is 6.52. The minimum absolute atomic E-state index is 0.0146. The third-order valence-corrected chi connectivity index (χ3v) is 3.90. The first kappa shape index (κ1) is 14.7. The fourth-order valence-electron chi connectivity index (χ4n) is 2.78. The van der Waals surface area contributed by atoms with Crippen molar-refractivity contribution in [1.82, 2.24) is 4.98 Å². The Morgan fingerprint density at radius 2 is 2.43 bits per heavy atom. The summed E-state index contributed by atoms with van der Waals surface area (Å²) in [7, 11) is 0. The molecule has 1 aromatic rings. The van der Waals surface area contributed by atoms with E-state index in [0.717, 1.165) is 6.07 Å². The van der Waals surface area contributed by atoms with Gasteiger partial charge in [-0.3, -0.25) is 10.1 Å². The van der Waals surface area contributed by atoms with Crippen LogP contribution >= 0.6 is 0 Å². The van der Waals surface area contributed by atoms with Crippen molar-refractivity contribution in [1.29, 1.82) is 5.26 Å². The van der Waals surface area contributed by atoms with E-state index in [4.69, 9.17) is 5.26 Å². The lowest BCUT2D eigenvalue weighted by molar-refractivity contribution is -0.384. The number of carbonyl (C=O) groups is 1. The highest BCUT2D eigenvalue weighted by Gasteiger charge is 2.48. The van der Waals surface area contributed by atoms with E-state index in [9.17, 15) is 20.0 Å². The molecule has 1 atom stereocenters. The molecule has 0 bridgehead atoms. The zero-order valence-corrected chi connectivity index (χ0v) is 11.4. The van der Waals surface area contributed by atoms with Crippen LogP contribution in [0, 0.1) is 21.4 Å². The van der Waals surface area contributed by atoms with Gasteiger partial charge in [0.25, 0.3) is 0 Å². The Hall–Kier alpha value is -2.69. The normalized spacial score (nSPS) is 21.0. The van der Waals surface area contributed by atoms with Crippen molar-refractivity contribution in [2.45, 2.75) is 31.7 Å². The number of rotatable bonds is 4. The lowest BCUT2D eigenvalue weighted by atomic mass is 9.93. The number of nitrogens with zero attached hydrogens (tertiary/aromatic N) is 4. The van der Waals surface area contributed by atoms with Crippen molar-refractivity contribution in [3.05, 3.63) is 27.9 Å². The van der Waals surface area contributed by atoms with Gasteiger partial charge >= 0.3 is 11.7 Å². The predicted molar refractivity (Wildman–Crippen MR) is 72.8 cm³/mol. The van der Waals surface area contributed by atoms with Crippen LogP contribution in [0.3, 0.4) is 0 Å². The van der Waals surface area contributed by atoms with E-state index < -0.39 is 16.4 Å². The number of anilines is 1. The van der Waals surface area contributed by atoms with E-state index >= 15 is 0 Å². The molecule has 1 fully saturated rings. The molecule has 1 unspecified atom stereocenters. The third kappa shape index (κ3) is 2.27. The van der Waals surface area contributed by atoms with Gasteiger partial charge in [-0.15, -0.1) is 0 Å². The van der Waals surface area contributed by atoms with Crippen LogP contribution in [0.4, 0.5) is 11.5 Å². The van der Waals surface area contributed by atoms with Crippen LogP contribution in [0.25, 0.3) is 0 Å². The Labute approximate surface area is 120 Å². The van der Waals surface area contributed by atoms with Gasteiger partial charge in [-0.25, -0.2) is 9.78 Å². The van der Waals surface area contributed by atoms with Gasteiger partial charge in [-0.2, -0.15) is 5.26 Å². The van der Waals surface area contributed by atoms with Crippen molar-refractivity contribution < 1.29 is 14.8 Å². The van der Waals surface area contributed by atoms with Crippen LogP contribution in [0.5, 0.6) is 0 Å². The molecular weight excluding hydrogens is 276 g/mol. The fourth-order valence-corrected chi connectivity index (χ4v) is 2.78. The smallest absolute Gasteiger partial charge is 0.329 e. The zero-order valence-electron chi connectivity index (χ0n) is 11.4. The molecule has 1 aromatic heterocycles. The lowest BCUT2D eigenvalue weighted by Crippen LogP contribution is -2.50. The second-order valence-corrected chi connectivity index (χ2v) is 4.88. The van der Waals surface area contributed by atoms with E-state index in [1.54, 1.807) is 13.0 Å². The molecule has 1 aliphatic rings. The van der Waals surface area contributed by atoms with E-state index in [0.29, 0.717) is 25.8 Å². The number of aromatic nitrogens is 1. The quantitative estimate of drug-likeness (QED) is 0.661. The summed E-state index contributed by atoms with van der Waals surface area (Å²) in [6, 6.07) is 2.92. The maximum Gasteiger partial charge on any atom is 0.329 e. The summed E-state index contributed by atoms with van der Waals surface area (Å²) in [6.45, 7) is 2.13. The highest BCUT2D eigenvalue weighted by atomic mass is 16.6. The van der Waals surface area contributed by atoms with E-state index in [1.165, 1.54) is 11.1 Å². The molecule has 2 heterocycles. The molecule has 1 saturated heterocycles. The Morgan fingerprint density at radius 3 is 2.95 bits per heavy atom. The van der Waals surface area contributed by atoms with Crippen LogP contribution < -0.4 is 4.90 Å². The lowest BCUT2D eigenvalue weighted by Gasteiger charge is -2.34. The number of carboxylic acids is 1. The molecule has 0 amide bonds. The number of nitriles is 1. The molecule has 0 aromatic carbocycles. The second kappa shape index (κ2) is 5.36. The first-order valence-electron chi connectivity index (χ1n) is 6.52. The summed E-state index contributed by atoms with van der Waals surface area (Å²) in [5.74, 6) is -0.997. The number of hydrogen-bond donors (Lipinski definition) is 1. The summed E-state index contributed by atoms with van der Waals surface area (Å²) in [5.41, 5.74) is -1.44. The number of carboxylic acid groups (broad SMARTS) is 1. The van der Waals surface area contributed by atoms with Gasteiger partial charge in [0.05, 0.1) is 10.5 Å². The Kier molecular flexibility index (Phi) is 3.76. The highest BCUT2D eigenvalue weighted by Crippen LogP contribution is 2.39. The number of hydrogen-bond acceptors (Lipinski definition) is 6. The summed E-state index contributed by atoms with van der Waals surface area (Å²) in [5, 5.41) is 29.5. The van der Waals surface area contributed by atoms with Crippen molar-refractivity contribution in [2.75, 3.05) is 11.4 Å². The van der Waals surface area contributed by atoms with E-state index in [2.05, 4.69) is 4.98 Å². The van der Waals surface area contributed by atoms with Crippen molar-refractivity contribution in [3.8, 4) is 6.07 Å². The molecule has 0 spiro atoms. The molecule has 1 N–H and O–H groups in total. The molecule has 21 heavy (non-hydrogen) atoms. The van der Waals surface area contributed by atoms with Gasteiger partial charge in [0, 0.05) is 18.8 Å². The minimum Gasteiger partial charge on any atom is -0.479 e. The minimum atomic E-state index is -1.17. The standard InChI is InChI=1S/C13H14N4O4/c1-2-13(12(18)19)4-3-5-16(13)11-10(17(20)21)6-9(7-14)8-15-11/h6,8H,2-5H2,1H3,(H,18,19). The van der Waals surface area contributed by atoms with Crippen LogP contribution in [0.15, 0.2) is 12.3 Å². The van der Waals surface area contributed by atoms with Gasteiger partial charge in [-0.05, 0) is 19.3 Å². The van der Waals surface area contributed by atoms with E-state index in [1.807, 2.05) is 0 Å². The Balaban J connectivity index is 2.58. The molecule has 0 radical (unpaired) electrons. The Morgan fingerprint density at radius 1 is 1.71 bits per heavy atom. The van der Waals surface area contributed by atoms with Crippen LogP contribution in [-0.4, -0.2) is 33.1 Å². The average molecular weight is 290 g/mol. The topological polar surface area (TPSA) is 120 Å². The predicted octanol–water partition coefficient (Wildman–Crippen LogP) is 1.70. The highest BCUT2D eigenvalue weighted by molar-refractivity contribution is 5.85. The molecule has 8 heteroatoms. The van der Waals surface area contributed by atoms with Gasteiger partial charge in [0.2, 0.25) is 5.82 Å². The Bertz CT molecular complexity index is 640. The van der Waals surface area contributed by atoms with Gasteiger partial charge in [0.15, 0.2) is 0 Å². The SMILES string of the molecule is CCC1(C(=O)O)CCCN1c1ncc(C#N)cc1[N+](=O)[O-]. The molecule has 1 aliphatic heterocycles. The monoisotopic (exact) mass is 290 g/mol. The van der Waals surface area contributed by atoms with E-state index in [-0.39, 0.29) is 17.1 Å². The maximum absolute atomic E-state index is 11.7. The number of aliphatic carboxylic acids is 1. The summed E-state index contributed by atoms with van der Waals surface area (Å²) in [4.78, 5) is 27.7. The molecule has 8 nitrogen and oxygen atoms in total. The zero-order chi connectivity index (χ0) is 15.6. The first-order chi connectivity index (χ1) is 9.96. The van der Waals surface area contributed by atoms with Crippen LogP contribution in [0.2, 0.25) is 0 Å². The number of nitro groups is 1. The van der Waals surface area contributed by atoms with Crippen molar-refractivity contribution in [3.63, 3.8) is 0 Å². The molecular formula is C13H14N4O4. The van der Waals surface area contributed by atoms with Crippen molar-refractivity contribution in [2.24, 2.45) is 0 Å². The molecule has 110 valence electrons. The largest absolute Gasteiger partial charge is 0.479 e. The van der Waals surface area contributed by atoms with Crippen LogP contribution in [-0.2, 0) is 4.79 Å². The fraction of sp³-hybridized carbons (Fsp3) is 0.462. The molecule has 0 aliphatic carbocycles. The maximum atomic E-state index is 11.7. The number of pyridine rings is 1. The van der Waals surface area contributed by atoms with Gasteiger partial charge in [0.1, 0.15) is 11.6 Å². The second-order valence-electron chi connectivity index (χ2n) is 4.88. The molecule has 2 rings (SSSR count).